The molecule has 0 amide bonds. The van der Waals surface area contributed by atoms with Gasteiger partial charge in [0.25, 0.3) is 0 Å². The third-order valence-electron chi connectivity index (χ3n) is 4.30. The van der Waals surface area contributed by atoms with Crippen molar-refractivity contribution < 1.29 is 0 Å². The summed E-state index contributed by atoms with van der Waals surface area (Å²) in [4.78, 5) is 16.7. The Labute approximate surface area is 160 Å². The molecule has 0 fully saturated rings. The van der Waals surface area contributed by atoms with E-state index >= 15 is 0 Å². The van der Waals surface area contributed by atoms with Gasteiger partial charge in [0.15, 0.2) is 0 Å². The molecule has 0 radical (unpaired) electrons. The zero-order valence-corrected chi connectivity index (χ0v) is 14.7. The average Bonchev–Trinajstić information content (AvgIpc) is 3.20. The Hall–Kier alpha value is -4.13. The first kappa shape index (κ1) is 16.1. The Morgan fingerprint density at radius 2 is 1.71 bits per heavy atom. The topological polar surface area (TPSA) is 92.3 Å². The van der Waals surface area contributed by atoms with Gasteiger partial charge in [0.1, 0.15) is 5.82 Å². The lowest BCUT2D eigenvalue weighted by molar-refractivity contribution is 1.03. The van der Waals surface area contributed by atoms with Gasteiger partial charge >= 0.3 is 0 Å². The Balaban J connectivity index is 1.39. The summed E-state index contributed by atoms with van der Waals surface area (Å²) in [5.74, 6) is 1.33. The number of rotatable bonds is 4. The second-order valence-electron chi connectivity index (χ2n) is 6.21. The molecule has 0 aliphatic heterocycles. The number of nitrogens with one attached hydrogen (secondary N) is 2. The van der Waals surface area contributed by atoms with Gasteiger partial charge in [0.2, 0.25) is 5.95 Å². The standard InChI is InChI=1S/C21H15N7/c1-2-8-19-18(7-1)26-20(27-19)14-5-3-6-16(11-14)25-21-22-12-15(13-23-21)17-9-4-10-24-28-17/h1-13H,(H,26,27)(H,22,23,25). The summed E-state index contributed by atoms with van der Waals surface area (Å²) in [5.41, 5.74) is 5.37. The van der Waals surface area contributed by atoms with Crippen molar-refractivity contribution in [3.05, 3.63) is 79.3 Å². The van der Waals surface area contributed by atoms with Gasteiger partial charge in [-0.3, -0.25) is 0 Å². The van der Waals surface area contributed by atoms with Crippen LogP contribution in [-0.4, -0.2) is 30.1 Å². The summed E-state index contributed by atoms with van der Waals surface area (Å²) in [6, 6.07) is 19.6. The molecule has 7 nitrogen and oxygen atoms in total. The smallest absolute Gasteiger partial charge is 0.227 e. The van der Waals surface area contributed by atoms with Crippen LogP contribution in [0.3, 0.4) is 0 Å². The Morgan fingerprint density at radius 3 is 2.54 bits per heavy atom. The summed E-state index contributed by atoms with van der Waals surface area (Å²) in [5, 5.41) is 11.2. The first-order chi connectivity index (χ1) is 13.8. The van der Waals surface area contributed by atoms with Crippen molar-refractivity contribution in [1.82, 2.24) is 30.1 Å². The van der Waals surface area contributed by atoms with Gasteiger partial charge in [-0.05, 0) is 36.4 Å². The predicted molar refractivity (Wildman–Crippen MR) is 108 cm³/mol. The molecule has 28 heavy (non-hydrogen) atoms. The molecule has 0 aliphatic rings. The van der Waals surface area contributed by atoms with Gasteiger partial charge in [-0.25, -0.2) is 15.0 Å². The number of nitrogens with zero attached hydrogens (tertiary/aromatic N) is 5. The van der Waals surface area contributed by atoms with E-state index in [4.69, 9.17) is 0 Å². The van der Waals surface area contributed by atoms with Crippen molar-refractivity contribution in [3.8, 4) is 22.6 Å². The molecule has 2 aromatic carbocycles. The molecule has 0 bridgehead atoms. The Kier molecular flexibility index (Phi) is 3.95. The molecule has 0 saturated carbocycles. The van der Waals surface area contributed by atoms with E-state index < -0.39 is 0 Å². The van der Waals surface area contributed by atoms with Crippen LogP contribution in [0.1, 0.15) is 0 Å². The van der Waals surface area contributed by atoms with Crippen LogP contribution in [0.5, 0.6) is 0 Å². The molecule has 0 atom stereocenters. The fourth-order valence-electron chi connectivity index (χ4n) is 2.94. The normalized spacial score (nSPS) is 10.9. The summed E-state index contributed by atoms with van der Waals surface area (Å²) >= 11 is 0. The van der Waals surface area contributed by atoms with Crippen molar-refractivity contribution in [3.63, 3.8) is 0 Å². The molecule has 2 N–H and O–H groups in total. The zero-order valence-electron chi connectivity index (χ0n) is 14.7. The predicted octanol–water partition coefficient (Wildman–Crippen LogP) is 4.22. The summed E-state index contributed by atoms with van der Waals surface area (Å²) in [6.07, 6.45) is 5.08. The van der Waals surface area contributed by atoms with Crippen molar-refractivity contribution in [2.75, 3.05) is 5.32 Å². The highest BCUT2D eigenvalue weighted by Crippen LogP contribution is 2.24. The van der Waals surface area contributed by atoms with Crippen LogP contribution in [-0.2, 0) is 0 Å². The molecule has 0 saturated heterocycles. The van der Waals surface area contributed by atoms with Crippen molar-refractivity contribution in [2.45, 2.75) is 0 Å². The molecule has 0 unspecified atom stereocenters. The number of anilines is 2. The molecule has 3 heterocycles. The van der Waals surface area contributed by atoms with E-state index in [9.17, 15) is 0 Å². The lowest BCUT2D eigenvalue weighted by Crippen LogP contribution is -1.97. The van der Waals surface area contributed by atoms with Gasteiger partial charge in [-0.2, -0.15) is 10.2 Å². The maximum Gasteiger partial charge on any atom is 0.227 e. The van der Waals surface area contributed by atoms with E-state index in [0.29, 0.717) is 5.95 Å². The van der Waals surface area contributed by atoms with E-state index in [2.05, 4.69) is 35.5 Å². The summed E-state index contributed by atoms with van der Waals surface area (Å²) < 4.78 is 0. The monoisotopic (exact) mass is 365 g/mol. The highest BCUT2D eigenvalue weighted by Gasteiger charge is 2.07. The number of imidazole rings is 1. The van der Waals surface area contributed by atoms with E-state index in [1.807, 2.05) is 60.7 Å². The van der Waals surface area contributed by atoms with Crippen LogP contribution >= 0.6 is 0 Å². The first-order valence-electron chi connectivity index (χ1n) is 8.77. The van der Waals surface area contributed by atoms with Crippen LogP contribution in [0, 0.1) is 0 Å². The molecule has 7 heteroatoms. The molecule has 3 aromatic heterocycles. The lowest BCUT2D eigenvalue weighted by atomic mass is 10.2. The minimum absolute atomic E-state index is 0.509. The van der Waals surface area contributed by atoms with E-state index in [1.165, 1.54) is 0 Å². The third kappa shape index (κ3) is 3.16. The van der Waals surface area contributed by atoms with Crippen molar-refractivity contribution in [2.24, 2.45) is 0 Å². The molecule has 5 aromatic rings. The lowest BCUT2D eigenvalue weighted by Gasteiger charge is -2.06. The molecule has 5 rings (SSSR count). The van der Waals surface area contributed by atoms with Gasteiger partial charge in [-0.1, -0.05) is 24.3 Å². The number of hydrogen-bond acceptors (Lipinski definition) is 6. The maximum atomic E-state index is 4.65. The number of H-pyrrole nitrogens is 1. The summed E-state index contributed by atoms with van der Waals surface area (Å²) in [6.45, 7) is 0. The first-order valence-corrected chi connectivity index (χ1v) is 8.77. The van der Waals surface area contributed by atoms with Gasteiger partial charge in [0.05, 0.1) is 16.7 Å². The van der Waals surface area contributed by atoms with Crippen molar-refractivity contribution >= 4 is 22.7 Å². The number of hydrogen-bond donors (Lipinski definition) is 2. The van der Waals surface area contributed by atoms with Crippen LogP contribution in [0.25, 0.3) is 33.7 Å². The number of aromatic nitrogens is 6. The van der Waals surface area contributed by atoms with Gasteiger partial charge in [-0.15, -0.1) is 0 Å². The molecular formula is C21H15N7. The number of para-hydroxylation sites is 2. The zero-order chi connectivity index (χ0) is 18.8. The van der Waals surface area contributed by atoms with Crippen molar-refractivity contribution in [1.29, 1.82) is 0 Å². The average molecular weight is 365 g/mol. The van der Waals surface area contributed by atoms with Gasteiger partial charge in [0, 0.05) is 35.4 Å². The van der Waals surface area contributed by atoms with E-state index in [0.717, 1.165) is 39.4 Å². The van der Waals surface area contributed by atoms with Crippen LogP contribution in [0.15, 0.2) is 79.3 Å². The van der Waals surface area contributed by atoms with Gasteiger partial charge < -0.3 is 10.3 Å². The fourth-order valence-corrected chi connectivity index (χ4v) is 2.94. The Bertz CT molecular complexity index is 1200. The number of aromatic amines is 1. The third-order valence-corrected chi connectivity index (χ3v) is 4.30. The number of benzene rings is 2. The van der Waals surface area contributed by atoms with Crippen LogP contribution in [0.2, 0.25) is 0 Å². The SMILES string of the molecule is c1cc(Nc2ncc(-c3cccnn3)cn2)cc(-c2nc3ccccc3[nH]2)c1. The number of fused-ring (bicyclic) bond motifs is 1. The second kappa shape index (κ2) is 6.88. The molecule has 134 valence electrons. The minimum atomic E-state index is 0.509. The minimum Gasteiger partial charge on any atom is -0.338 e. The quantitative estimate of drug-likeness (QED) is 0.495. The molecule has 0 spiro atoms. The fraction of sp³-hybridized carbons (Fsp3) is 0. The van der Waals surface area contributed by atoms with E-state index in [-0.39, 0.29) is 0 Å². The maximum absolute atomic E-state index is 4.65. The second-order valence-corrected chi connectivity index (χ2v) is 6.21. The largest absolute Gasteiger partial charge is 0.338 e. The van der Waals surface area contributed by atoms with E-state index in [1.54, 1.807) is 18.6 Å². The Morgan fingerprint density at radius 1 is 0.821 bits per heavy atom. The highest BCUT2D eigenvalue weighted by atomic mass is 15.1. The molecular weight excluding hydrogens is 350 g/mol. The summed E-state index contributed by atoms with van der Waals surface area (Å²) in [7, 11) is 0. The molecule has 0 aliphatic carbocycles. The highest BCUT2D eigenvalue weighted by molar-refractivity contribution is 5.80. The van der Waals surface area contributed by atoms with Crippen LogP contribution in [0.4, 0.5) is 11.6 Å². The van der Waals surface area contributed by atoms with Crippen LogP contribution < -0.4 is 5.32 Å².